The second kappa shape index (κ2) is 5.66. The van der Waals surface area contributed by atoms with Crippen molar-refractivity contribution in [3.63, 3.8) is 0 Å². The van der Waals surface area contributed by atoms with Crippen LogP contribution in [0, 0.1) is 6.92 Å². The lowest BCUT2D eigenvalue weighted by molar-refractivity contribution is -0.118. The van der Waals surface area contributed by atoms with Crippen molar-refractivity contribution in [3.8, 4) is 5.75 Å². The van der Waals surface area contributed by atoms with Gasteiger partial charge < -0.3 is 14.5 Å². The molecule has 0 spiro atoms. The van der Waals surface area contributed by atoms with E-state index in [1.54, 1.807) is 18.2 Å². The van der Waals surface area contributed by atoms with Gasteiger partial charge in [-0.15, -0.1) is 0 Å². The van der Waals surface area contributed by atoms with Crippen molar-refractivity contribution in [1.82, 2.24) is 4.98 Å². The Hall–Kier alpha value is -2.82. The number of carbonyl (C=O) groups is 1. The minimum atomic E-state index is -0.227. The average Bonchev–Trinajstić information content (AvgIpc) is 2.93. The second-order valence-electron chi connectivity index (χ2n) is 4.69. The number of hydrogen-bond acceptors (Lipinski definition) is 4. The number of oxazole rings is 1. The maximum Gasteiger partial charge on any atom is 0.262 e. The van der Waals surface area contributed by atoms with Gasteiger partial charge in [-0.2, -0.15) is 0 Å². The first-order valence-electron chi connectivity index (χ1n) is 6.53. The first-order chi connectivity index (χ1) is 10.2. The van der Waals surface area contributed by atoms with Gasteiger partial charge in [-0.1, -0.05) is 12.1 Å². The van der Waals surface area contributed by atoms with Gasteiger partial charge in [0.1, 0.15) is 11.3 Å². The van der Waals surface area contributed by atoms with Crippen LogP contribution in [0.15, 0.2) is 53.3 Å². The average molecular weight is 282 g/mol. The van der Waals surface area contributed by atoms with Crippen LogP contribution in [0.1, 0.15) is 5.56 Å². The smallest absolute Gasteiger partial charge is 0.262 e. The SMILES string of the molecule is Cc1cccc(OCC(=O)Nc2ccc3ncoc3c2)c1. The summed E-state index contributed by atoms with van der Waals surface area (Å²) in [5.74, 6) is 0.450. The third-order valence-corrected chi connectivity index (χ3v) is 2.97. The maximum absolute atomic E-state index is 11.9. The van der Waals surface area contributed by atoms with Gasteiger partial charge in [0.15, 0.2) is 18.6 Å². The molecule has 1 aromatic heterocycles. The highest BCUT2D eigenvalue weighted by Gasteiger charge is 2.06. The zero-order valence-electron chi connectivity index (χ0n) is 11.5. The number of hydrogen-bond donors (Lipinski definition) is 1. The fourth-order valence-electron chi connectivity index (χ4n) is 1.98. The van der Waals surface area contributed by atoms with Crippen molar-refractivity contribution in [2.75, 3.05) is 11.9 Å². The van der Waals surface area contributed by atoms with E-state index in [9.17, 15) is 4.79 Å². The van der Waals surface area contributed by atoms with E-state index >= 15 is 0 Å². The molecule has 21 heavy (non-hydrogen) atoms. The van der Waals surface area contributed by atoms with Crippen LogP contribution in [-0.2, 0) is 4.79 Å². The number of ether oxygens (including phenoxy) is 1. The summed E-state index contributed by atoms with van der Waals surface area (Å²) in [4.78, 5) is 15.9. The van der Waals surface area contributed by atoms with Crippen LogP contribution in [0.2, 0.25) is 0 Å². The summed E-state index contributed by atoms with van der Waals surface area (Å²) in [6, 6.07) is 12.9. The molecule has 2 aromatic carbocycles. The van der Waals surface area contributed by atoms with E-state index in [4.69, 9.17) is 9.15 Å². The number of anilines is 1. The van der Waals surface area contributed by atoms with E-state index in [0.717, 1.165) is 11.1 Å². The Labute approximate surface area is 121 Å². The van der Waals surface area contributed by atoms with E-state index in [0.29, 0.717) is 17.0 Å². The Morgan fingerprint density at radius 1 is 1.29 bits per heavy atom. The molecule has 0 aliphatic rings. The first-order valence-corrected chi connectivity index (χ1v) is 6.53. The number of aromatic nitrogens is 1. The third-order valence-electron chi connectivity index (χ3n) is 2.97. The molecule has 0 fully saturated rings. The molecule has 0 radical (unpaired) electrons. The minimum absolute atomic E-state index is 0.0438. The van der Waals surface area contributed by atoms with Gasteiger partial charge in [-0.3, -0.25) is 4.79 Å². The van der Waals surface area contributed by atoms with Gasteiger partial charge in [-0.25, -0.2) is 4.98 Å². The fraction of sp³-hybridized carbons (Fsp3) is 0.125. The molecule has 5 nitrogen and oxygen atoms in total. The van der Waals surface area contributed by atoms with E-state index in [-0.39, 0.29) is 12.5 Å². The van der Waals surface area contributed by atoms with Crippen molar-refractivity contribution in [3.05, 3.63) is 54.4 Å². The van der Waals surface area contributed by atoms with Gasteiger partial charge in [0.05, 0.1) is 0 Å². The molecule has 0 unspecified atom stereocenters. The number of nitrogens with one attached hydrogen (secondary N) is 1. The number of fused-ring (bicyclic) bond motifs is 1. The summed E-state index contributed by atoms with van der Waals surface area (Å²) in [5.41, 5.74) is 3.12. The summed E-state index contributed by atoms with van der Waals surface area (Å²) in [6.45, 7) is 1.93. The Morgan fingerprint density at radius 2 is 2.19 bits per heavy atom. The summed E-state index contributed by atoms with van der Waals surface area (Å²) < 4.78 is 10.6. The molecule has 5 heteroatoms. The fourth-order valence-corrected chi connectivity index (χ4v) is 1.98. The molecular formula is C16H14N2O3. The monoisotopic (exact) mass is 282 g/mol. The molecule has 0 bridgehead atoms. The molecule has 0 saturated carbocycles. The lowest BCUT2D eigenvalue weighted by Crippen LogP contribution is -2.20. The van der Waals surface area contributed by atoms with E-state index in [1.807, 2.05) is 31.2 Å². The van der Waals surface area contributed by atoms with Gasteiger partial charge >= 0.3 is 0 Å². The molecule has 0 saturated heterocycles. The van der Waals surface area contributed by atoms with Crippen LogP contribution in [0.4, 0.5) is 5.69 Å². The van der Waals surface area contributed by atoms with Crippen molar-refractivity contribution in [2.45, 2.75) is 6.92 Å². The van der Waals surface area contributed by atoms with Gasteiger partial charge in [-0.05, 0) is 36.8 Å². The molecule has 3 aromatic rings. The van der Waals surface area contributed by atoms with Crippen LogP contribution in [-0.4, -0.2) is 17.5 Å². The number of benzene rings is 2. The Kier molecular flexibility index (Phi) is 3.55. The molecule has 0 aliphatic heterocycles. The van der Waals surface area contributed by atoms with Crippen molar-refractivity contribution in [1.29, 1.82) is 0 Å². The topological polar surface area (TPSA) is 64.4 Å². The van der Waals surface area contributed by atoms with Crippen molar-refractivity contribution < 1.29 is 13.9 Å². The molecule has 1 N–H and O–H groups in total. The summed E-state index contributed by atoms with van der Waals surface area (Å²) in [5, 5.41) is 2.76. The number of aryl methyl sites for hydroxylation is 1. The van der Waals surface area contributed by atoms with Crippen LogP contribution in [0.3, 0.4) is 0 Å². The Morgan fingerprint density at radius 3 is 3.05 bits per heavy atom. The largest absolute Gasteiger partial charge is 0.484 e. The number of rotatable bonds is 4. The number of carbonyl (C=O) groups excluding carboxylic acids is 1. The zero-order chi connectivity index (χ0) is 14.7. The highest BCUT2D eigenvalue weighted by molar-refractivity contribution is 5.93. The summed E-state index contributed by atoms with van der Waals surface area (Å²) >= 11 is 0. The second-order valence-corrected chi connectivity index (χ2v) is 4.69. The van der Waals surface area contributed by atoms with Gasteiger partial charge in [0, 0.05) is 11.8 Å². The zero-order valence-corrected chi connectivity index (χ0v) is 11.5. The van der Waals surface area contributed by atoms with Crippen molar-refractivity contribution >= 4 is 22.7 Å². The summed E-state index contributed by atoms with van der Waals surface area (Å²) in [6.07, 6.45) is 1.37. The lowest BCUT2D eigenvalue weighted by Gasteiger charge is -2.07. The molecule has 0 atom stereocenters. The molecule has 3 rings (SSSR count). The van der Waals surface area contributed by atoms with E-state index in [1.165, 1.54) is 6.39 Å². The highest BCUT2D eigenvalue weighted by Crippen LogP contribution is 2.18. The van der Waals surface area contributed by atoms with E-state index < -0.39 is 0 Å². The predicted octanol–water partition coefficient (Wildman–Crippen LogP) is 3.15. The number of nitrogens with zero attached hydrogens (tertiary/aromatic N) is 1. The normalized spacial score (nSPS) is 10.5. The molecule has 1 amide bonds. The predicted molar refractivity (Wildman–Crippen MR) is 79.3 cm³/mol. The molecule has 0 aliphatic carbocycles. The molecular weight excluding hydrogens is 268 g/mol. The molecule has 1 heterocycles. The highest BCUT2D eigenvalue weighted by atomic mass is 16.5. The van der Waals surface area contributed by atoms with Crippen LogP contribution < -0.4 is 10.1 Å². The third kappa shape index (κ3) is 3.20. The van der Waals surface area contributed by atoms with Gasteiger partial charge in [0.25, 0.3) is 5.91 Å². The Bertz CT molecular complexity index is 780. The van der Waals surface area contributed by atoms with E-state index in [2.05, 4.69) is 10.3 Å². The quantitative estimate of drug-likeness (QED) is 0.798. The van der Waals surface area contributed by atoms with Crippen LogP contribution in [0.5, 0.6) is 5.75 Å². The van der Waals surface area contributed by atoms with Crippen LogP contribution >= 0.6 is 0 Å². The first kappa shape index (κ1) is 13.2. The maximum atomic E-state index is 11.9. The minimum Gasteiger partial charge on any atom is -0.484 e. The standard InChI is InChI=1S/C16H14N2O3/c1-11-3-2-4-13(7-11)20-9-16(19)18-12-5-6-14-15(8-12)21-10-17-14/h2-8,10H,9H2,1H3,(H,18,19). The lowest BCUT2D eigenvalue weighted by atomic mass is 10.2. The summed E-state index contributed by atoms with van der Waals surface area (Å²) in [7, 11) is 0. The van der Waals surface area contributed by atoms with Crippen molar-refractivity contribution in [2.24, 2.45) is 0 Å². The van der Waals surface area contributed by atoms with Crippen LogP contribution in [0.25, 0.3) is 11.1 Å². The van der Waals surface area contributed by atoms with Gasteiger partial charge in [0.2, 0.25) is 0 Å². The number of amides is 1. The molecule has 106 valence electrons. The Balaban J connectivity index is 1.60.